The van der Waals surface area contributed by atoms with Crippen LogP contribution in [0.3, 0.4) is 0 Å². The van der Waals surface area contributed by atoms with Crippen LogP contribution >= 0.6 is 11.5 Å². The fourth-order valence-corrected chi connectivity index (χ4v) is 2.42. The van der Waals surface area contributed by atoms with Crippen molar-refractivity contribution in [2.45, 2.75) is 0 Å². The molecule has 2 aromatic carbocycles. The highest BCUT2D eigenvalue weighted by Crippen LogP contribution is 2.20. The molecule has 0 aliphatic heterocycles. The lowest BCUT2D eigenvalue weighted by Gasteiger charge is -2.05. The molecule has 1 aromatic heterocycles. The monoisotopic (exact) mass is 329 g/mol. The second kappa shape index (κ2) is 6.97. The van der Waals surface area contributed by atoms with E-state index in [-0.39, 0.29) is 18.3 Å². The van der Waals surface area contributed by atoms with Crippen molar-refractivity contribution in [3.8, 4) is 17.1 Å². The van der Waals surface area contributed by atoms with Gasteiger partial charge in [0.05, 0.1) is 0 Å². The van der Waals surface area contributed by atoms with Crippen LogP contribution in [0.4, 0.5) is 9.52 Å². The smallest absolute Gasteiger partial charge is 0.264 e. The summed E-state index contributed by atoms with van der Waals surface area (Å²) in [4.78, 5) is 16.1. The number of nitrogens with zero attached hydrogens (tertiary/aromatic N) is 2. The van der Waals surface area contributed by atoms with Gasteiger partial charge in [-0.3, -0.25) is 10.1 Å². The molecule has 7 heteroatoms. The minimum absolute atomic E-state index is 0.189. The largest absolute Gasteiger partial charge is 0.484 e. The van der Waals surface area contributed by atoms with Gasteiger partial charge in [-0.25, -0.2) is 4.39 Å². The average Bonchev–Trinajstić information content (AvgIpc) is 3.04. The summed E-state index contributed by atoms with van der Waals surface area (Å²) in [7, 11) is 0. The summed E-state index contributed by atoms with van der Waals surface area (Å²) in [5, 5.41) is 3.02. The number of nitrogens with one attached hydrogen (secondary N) is 1. The summed E-state index contributed by atoms with van der Waals surface area (Å²) in [6.07, 6.45) is 0. The maximum Gasteiger partial charge on any atom is 0.264 e. The lowest BCUT2D eigenvalue weighted by Crippen LogP contribution is -2.20. The number of hydrogen-bond donors (Lipinski definition) is 1. The minimum atomic E-state index is -0.357. The zero-order valence-corrected chi connectivity index (χ0v) is 12.7. The molecule has 0 saturated heterocycles. The molecule has 0 aliphatic carbocycles. The number of aromatic nitrogens is 2. The Kier molecular flexibility index (Phi) is 4.58. The standard InChI is InChI=1S/C16H12FN3O2S/c17-12-6-8-13(9-7-12)22-10-14(21)18-16-19-15(20-23-16)11-4-2-1-3-5-11/h1-9H,10H2,(H,18,19,20,21). The van der Waals surface area contributed by atoms with Gasteiger partial charge in [0.2, 0.25) is 5.13 Å². The second-order valence-electron chi connectivity index (χ2n) is 4.58. The van der Waals surface area contributed by atoms with Gasteiger partial charge in [-0.05, 0) is 24.3 Å². The Morgan fingerprint density at radius 3 is 2.61 bits per heavy atom. The van der Waals surface area contributed by atoms with Crippen molar-refractivity contribution in [1.82, 2.24) is 9.36 Å². The van der Waals surface area contributed by atoms with Crippen molar-refractivity contribution in [2.75, 3.05) is 11.9 Å². The molecule has 0 saturated carbocycles. The van der Waals surface area contributed by atoms with Gasteiger partial charge in [0.15, 0.2) is 12.4 Å². The highest BCUT2D eigenvalue weighted by atomic mass is 32.1. The van der Waals surface area contributed by atoms with Crippen LogP contribution in [-0.4, -0.2) is 21.9 Å². The molecule has 0 radical (unpaired) electrons. The average molecular weight is 329 g/mol. The third kappa shape index (κ3) is 4.10. The van der Waals surface area contributed by atoms with Gasteiger partial charge in [-0.1, -0.05) is 30.3 Å². The predicted octanol–water partition coefficient (Wildman–Crippen LogP) is 3.36. The van der Waals surface area contributed by atoms with Crippen molar-refractivity contribution >= 4 is 22.6 Å². The molecule has 0 aliphatic rings. The summed E-state index contributed by atoms with van der Waals surface area (Å²) in [6.45, 7) is -0.189. The first-order chi connectivity index (χ1) is 11.2. The first-order valence-electron chi connectivity index (χ1n) is 6.78. The van der Waals surface area contributed by atoms with Crippen LogP contribution in [0.5, 0.6) is 5.75 Å². The normalized spacial score (nSPS) is 10.3. The first-order valence-corrected chi connectivity index (χ1v) is 7.55. The van der Waals surface area contributed by atoms with Gasteiger partial charge < -0.3 is 4.74 Å². The molecule has 0 atom stereocenters. The predicted molar refractivity (Wildman–Crippen MR) is 85.9 cm³/mol. The Hall–Kier alpha value is -2.80. The topological polar surface area (TPSA) is 64.1 Å². The van der Waals surface area contributed by atoms with Crippen LogP contribution in [0, 0.1) is 5.82 Å². The zero-order chi connectivity index (χ0) is 16.1. The number of benzene rings is 2. The van der Waals surface area contributed by atoms with E-state index in [1.165, 1.54) is 24.3 Å². The molecule has 0 spiro atoms. The van der Waals surface area contributed by atoms with Gasteiger partial charge in [0.25, 0.3) is 5.91 Å². The Labute approximate surface area is 135 Å². The molecule has 3 rings (SSSR count). The number of hydrogen-bond acceptors (Lipinski definition) is 5. The molecule has 0 fully saturated rings. The molecule has 5 nitrogen and oxygen atoms in total. The zero-order valence-electron chi connectivity index (χ0n) is 11.9. The Bertz CT molecular complexity index is 791. The molecular formula is C16H12FN3O2S. The van der Waals surface area contributed by atoms with Crippen LogP contribution in [-0.2, 0) is 4.79 Å². The Balaban J connectivity index is 1.56. The van der Waals surface area contributed by atoms with E-state index in [9.17, 15) is 9.18 Å². The minimum Gasteiger partial charge on any atom is -0.484 e. The maximum absolute atomic E-state index is 12.8. The highest BCUT2D eigenvalue weighted by molar-refractivity contribution is 7.10. The molecule has 0 unspecified atom stereocenters. The third-order valence-electron chi connectivity index (χ3n) is 2.89. The van der Waals surface area contributed by atoms with Gasteiger partial charge in [-0.2, -0.15) is 9.36 Å². The van der Waals surface area contributed by atoms with Crippen molar-refractivity contribution < 1.29 is 13.9 Å². The molecule has 1 N–H and O–H groups in total. The van der Waals surface area contributed by atoms with E-state index in [1.807, 2.05) is 30.3 Å². The molecular weight excluding hydrogens is 317 g/mol. The molecule has 3 aromatic rings. The Morgan fingerprint density at radius 2 is 1.87 bits per heavy atom. The lowest BCUT2D eigenvalue weighted by molar-refractivity contribution is -0.118. The van der Waals surface area contributed by atoms with E-state index in [0.717, 1.165) is 17.1 Å². The molecule has 0 bridgehead atoms. The van der Waals surface area contributed by atoms with E-state index in [1.54, 1.807) is 0 Å². The number of halogens is 1. The number of amides is 1. The molecule has 1 amide bonds. The van der Waals surface area contributed by atoms with E-state index in [2.05, 4.69) is 14.7 Å². The summed E-state index contributed by atoms with van der Waals surface area (Å²) in [6, 6.07) is 14.9. The molecule has 116 valence electrons. The summed E-state index contributed by atoms with van der Waals surface area (Å²) < 4.78 is 22.2. The Morgan fingerprint density at radius 1 is 1.13 bits per heavy atom. The number of anilines is 1. The van der Waals surface area contributed by atoms with Crippen molar-refractivity contribution in [3.63, 3.8) is 0 Å². The number of carbonyl (C=O) groups is 1. The fourth-order valence-electron chi connectivity index (χ4n) is 1.81. The van der Waals surface area contributed by atoms with Crippen molar-refractivity contribution in [3.05, 3.63) is 60.4 Å². The molecule has 1 heterocycles. The van der Waals surface area contributed by atoms with Gasteiger partial charge in [0.1, 0.15) is 11.6 Å². The third-order valence-corrected chi connectivity index (χ3v) is 3.52. The summed E-state index contributed by atoms with van der Waals surface area (Å²) in [5.41, 5.74) is 0.881. The van der Waals surface area contributed by atoms with E-state index >= 15 is 0 Å². The van der Waals surface area contributed by atoms with Crippen LogP contribution < -0.4 is 10.1 Å². The summed E-state index contributed by atoms with van der Waals surface area (Å²) >= 11 is 1.10. The number of ether oxygens (including phenoxy) is 1. The number of rotatable bonds is 5. The quantitative estimate of drug-likeness (QED) is 0.779. The highest BCUT2D eigenvalue weighted by Gasteiger charge is 2.10. The van der Waals surface area contributed by atoms with Crippen LogP contribution in [0.25, 0.3) is 11.4 Å². The second-order valence-corrected chi connectivity index (χ2v) is 5.33. The van der Waals surface area contributed by atoms with Gasteiger partial charge >= 0.3 is 0 Å². The number of carbonyl (C=O) groups excluding carboxylic acids is 1. The van der Waals surface area contributed by atoms with Gasteiger partial charge in [-0.15, -0.1) is 0 Å². The van der Waals surface area contributed by atoms with Crippen LogP contribution in [0.15, 0.2) is 54.6 Å². The van der Waals surface area contributed by atoms with Crippen LogP contribution in [0.1, 0.15) is 0 Å². The van der Waals surface area contributed by atoms with E-state index in [4.69, 9.17) is 4.74 Å². The maximum atomic E-state index is 12.8. The van der Waals surface area contributed by atoms with Crippen molar-refractivity contribution in [1.29, 1.82) is 0 Å². The van der Waals surface area contributed by atoms with Crippen molar-refractivity contribution in [2.24, 2.45) is 0 Å². The van der Waals surface area contributed by atoms with Crippen LogP contribution in [0.2, 0.25) is 0 Å². The first kappa shape index (κ1) is 15.1. The lowest BCUT2D eigenvalue weighted by atomic mass is 10.2. The van der Waals surface area contributed by atoms with Gasteiger partial charge in [0, 0.05) is 17.1 Å². The SMILES string of the molecule is O=C(COc1ccc(F)cc1)Nc1nc(-c2ccccc2)ns1. The van der Waals surface area contributed by atoms with E-state index < -0.39 is 0 Å². The molecule has 23 heavy (non-hydrogen) atoms. The fraction of sp³-hybridized carbons (Fsp3) is 0.0625. The summed E-state index contributed by atoms with van der Waals surface area (Å²) in [5.74, 6) is 0.267. The van der Waals surface area contributed by atoms with E-state index in [0.29, 0.717) is 16.7 Å².